The lowest BCUT2D eigenvalue weighted by Gasteiger charge is -2.19. The molecule has 0 bridgehead atoms. The minimum absolute atomic E-state index is 0.0831. The van der Waals surface area contributed by atoms with E-state index in [1.165, 1.54) is 19.8 Å². The van der Waals surface area contributed by atoms with Gasteiger partial charge in [0.15, 0.2) is 5.82 Å². The average molecular weight is 465 g/mol. The van der Waals surface area contributed by atoms with Crippen LogP contribution in [0.15, 0.2) is 35.3 Å². The van der Waals surface area contributed by atoms with Crippen molar-refractivity contribution in [3.63, 3.8) is 0 Å². The molecule has 1 aliphatic rings. The van der Waals surface area contributed by atoms with E-state index in [9.17, 15) is 14.7 Å². The average Bonchev–Trinajstić information content (AvgIpc) is 3.54. The number of H-pyrrole nitrogens is 1. The quantitative estimate of drug-likeness (QED) is 0.468. The van der Waals surface area contributed by atoms with Crippen molar-refractivity contribution >= 4 is 28.3 Å². The van der Waals surface area contributed by atoms with E-state index in [1.54, 1.807) is 37.2 Å². The van der Waals surface area contributed by atoms with E-state index in [0.717, 1.165) is 23.3 Å². The Morgan fingerprint density at radius 1 is 1.41 bits per heavy atom. The van der Waals surface area contributed by atoms with E-state index in [0.29, 0.717) is 35.7 Å². The predicted octanol–water partition coefficient (Wildman–Crippen LogP) is 3.56. The Balaban J connectivity index is 0.00000103. The largest absolute Gasteiger partial charge is 0.393 e. The minimum Gasteiger partial charge on any atom is -0.393 e. The molecule has 9 heteroatoms. The second kappa shape index (κ2) is 11.0. The minimum atomic E-state index is -0.444. The van der Waals surface area contributed by atoms with Crippen molar-refractivity contribution in [3.05, 3.63) is 51.9 Å². The van der Waals surface area contributed by atoms with Gasteiger partial charge in [-0.1, -0.05) is 0 Å². The molecule has 1 aromatic carbocycles. The number of aryl methyl sites for hydroxylation is 1. The molecule has 3 N–H and O–H groups in total. The number of aliphatic hydroxyl groups excluding tert-OH is 1. The normalized spacial score (nSPS) is 13.5. The van der Waals surface area contributed by atoms with Crippen LogP contribution in [0.25, 0.3) is 10.9 Å². The molecule has 1 unspecified atom stereocenters. The van der Waals surface area contributed by atoms with Gasteiger partial charge in [-0.3, -0.25) is 14.3 Å². The molecular formula is C25H32N6O3. The molecule has 0 aliphatic heterocycles. The number of amides is 1. The fourth-order valence-electron chi connectivity index (χ4n) is 3.71. The van der Waals surface area contributed by atoms with Crippen LogP contribution in [0.5, 0.6) is 0 Å². The van der Waals surface area contributed by atoms with Crippen molar-refractivity contribution in [2.45, 2.75) is 52.7 Å². The Kier molecular flexibility index (Phi) is 8.08. The van der Waals surface area contributed by atoms with Crippen LogP contribution >= 0.6 is 0 Å². The number of hydrogen-bond donors (Lipinski definition) is 3. The predicted molar refractivity (Wildman–Crippen MR) is 132 cm³/mol. The monoisotopic (exact) mass is 464 g/mol. The van der Waals surface area contributed by atoms with Gasteiger partial charge in [-0.15, -0.1) is 0 Å². The smallest absolute Gasteiger partial charge is 0.261 e. The molecule has 1 saturated carbocycles. The maximum Gasteiger partial charge on any atom is 0.261 e. The lowest BCUT2D eigenvalue weighted by atomic mass is 10.1. The molecule has 1 amide bonds. The van der Waals surface area contributed by atoms with Gasteiger partial charge in [0.1, 0.15) is 5.39 Å². The molecule has 2 heterocycles. The summed E-state index contributed by atoms with van der Waals surface area (Å²) in [4.78, 5) is 29.6. The lowest BCUT2D eigenvalue weighted by Crippen LogP contribution is -2.29. The molecule has 0 saturated heterocycles. The molecule has 180 valence electrons. The number of nitrogens with zero attached hydrogens (tertiary/aromatic N) is 4. The van der Waals surface area contributed by atoms with E-state index in [4.69, 9.17) is 5.26 Å². The summed E-state index contributed by atoms with van der Waals surface area (Å²) in [5.41, 5.74) is 2.85. The highest BCUT2D eigenvalue weighted by atomic mass is 16.3. The first-order valence-electron chi connectivity index (χ1n) is 11.4. The van der Waals surface area contributed by atoms with Gasteiger partial charge in [-0.2, -0.15) is 10.4 Å². The van der Waals surface area contributed by atoms with E-state index >= 15 is 0 Å². The summed E-state index contributed by atoms with van der Waals surface area (Å²) in [6.45, 7) is 6.33. The van der Waals surface area contributed by atoms with Gasteiger partial charge in [-0.05, 0) is 68.9 Å². The zero-order valence-electron chi connectivity index (χ0n) is 20.1. The first kappa shape index (κ1) is 25.0. The summed E-state index contributed by atoms with van der Waals surface area (Å²) in [7, 11) is 1.74. The third kappa shape index (κ3) is 6.02. The summed E-state index contributed by atoms with van der Waals surface area (Å²) in [5.74, 6) is 1.07. The summed E-state index contributed by atoms with van der Waals surface area (Å²) < 4.78 is 1.91. The number of aromatic amines is 1. The SMILES string of the molecule is CC#N.Cc1cc(Nc2nn(CC3CC3)c3cc[nH]c(=O)c23)ccc1C(=O)N(C)CCC(C)O. The number of pyridine rings is 1. The van der Waals surface area contributed by atoms with Crippen LogP contribution in [0.3, 0.4) is 0 Å². The summed E-state index contributed by atoms with van der Waals surface area (Å²) >= 11 is 0. The zero-order chi connectivity index (χ0) is 24.8. The lowest BCUT2D eigenvalue weighted by molar-refractivity contribution is 0.0768. The molecule has 1 atom stereocenters. The van der Waals surface area contributed by atoms with E-state index < -0.39 is 6.10 Å². The Hall–Kier alpha value is -3.64. The summed E-state index contributed by atoms with van der Waals surface area (Å²) in [6, 6.07) is 9.13. The van der Waals surface area contributed by atoms with Crippen LogP contribution in [-0.2, 0) is 6.54 Å². The number of aliphatic hydroxyl groups is 1. The van der Waals surface area contributed by atoms with Crippen LogP contribution in [-0.4, -0.2) is 50.4 Å². The number of fused-ring (bicyclic) bond motifs is 1. The second-order valence-corrected chi connectivity index (χ2v) is 8.78. The van der Waals surface area contributed by atoms with Gasteiger partial charge in [0.25, 0.3) is 11.5 Å². The highest BCUT2D eigenvalue weighted by molar-refractivity contribution is 5.96. The molecule has 3 aromatic rings. The van der Waals surface area contributed by atoms with Crippen molar-refractivity contribution in [2.24, 2.45) is 5.92 Å². The Morgan fingerprint density at radius 3 is 2.74 bits per heavy atom. The third-order valence-corrected chi connectivity index (χ3v) is 5.75. The number of carbonyl (C=O) groups is 1. The molecule has 2 aromatic heterocycles. The fraction of sp³-hybridized carbons (Fsp3) is 0.440. The van der Waals surface area contributed by atoms with Crippen molar-refractivity contribution in [2.75, 3.05) is 18.9 Å². The second-order valence-electron chi connectivity index (χ2n) is 8.78. The molecule has 34 heavy (non-hydrogen) atoms. The van der Waals surface area contributed by atoms with Crippen molar-refractivity contribution in [1.82, 2.24) is 19.7 Å². The number of aromatic nitrogens is 3. The number of benzene rings is 1. The van der Waals surface area contributed by atoms with E-state index in [1.807, 2.05) is 29.8 Å². The molecule has 1 aliphatic carbocycles. The number of nitrogens with one attached hydrogen (secondary N) is 2. The standard InChI is InChI=1S/C23H29N5O3.C2H3N/c1-14-12-17(6-7-18(14)23(31)27(3)11-9-15(2)29)25-21-20-19(8-10-24-22(20)30)28(26-21)13-16-4-5-16;1-2-3/h6-8,10,12,15-16,29H,4-5,9,11,13H2,1-3H3,(H,24,30)(H,25,26);1H3. The van der Waals surface area contributed by atoms with Gasteiger partial charge in [0.2, 0.25) is 0 Å². The maximum atomic E-state index is 12.7. The van der Waals surface area contributed by atoms with Crippen LogP contribution in [0.1, 0.15) is 49.0 Å². The van der Waals surface area contributed by atoms with Crippen molar-refractivity contribution in [3.8, 4) is 6.07 Å². The Morgan fingerprint density at radius 2 is 2.12 bits per heavy atom. The Bertz CT molecular complexity index is 1250. The first-order valence-corrected chi connectivity index (χ1v) is 11.4. The number of rotatable bonds is 8. The van der Waals surface area contributed by atoms with Crippen molar-refractivity contribution < 1.29 is 9.90 Å². The van der Waals surface area contributed by atoms with Gasteiger partial charge >= 0.3 is 0 Å². The van der Waals surface area contributed by atoms with Crippen LogP contribution in [0.4, 0.5) is 11.5 Å². The van der Waals surface area contributed by atoms with Crippen LogP contribution in [0, 0.1) is 24.2 Å². The van der Waals surface area contributed by atoms with E-state index in [2.05, 4.69) is 15.4 Å². The molecule has 0 radical (unpaired) electrons. The molecule has 4 rings (SSSR count). The number of hydrogen-bond acceptors (Lipinski definition) is 6. The molecular weight excluding hydrogens is 432 g/mol. The van der Waals surface area contributed by atoms with Gasteiger partial charge in [0, 0.05) is 44.5 Å². The van der Waals surface area contributed by atoms with Gasteiger partial charge in [0.05, 0.1) is 17.7 Å². The van der Waals surface area contributed by atoms with Crippen LogP contribution < -0.4 is 10.9 Å². The summed E-state index contributed by atoms with van der Waals surface area (Å²) in [6.07, 6.45) is 4.14. The third-order valence-electron chi connectivity index (χ3n) is 5.75. The number of nitriles is 1. The molecule has 9 nitrogen and oxygen atoms in total. The van der Waals surface area contributed by atoms with Crippen molar-refractivity contribution in [1.29, 1.82) is 5.26 Å². The van der Waals surface area contributed by atoms with Gasteiger partial charge < -0.3 is 20.3 Å². The maximum absolute atomic E-state index is 12.7. The molecule has 1 fully saturated rings. The fourth-order valence-corrected chi connectivity index (χ4v) is 3.71. The zero-order valence-corrected chi connectivity index (χ0v) is 20.1. The molecule has 0 spiro atoms. The first-order chi connectivity index (χ1) is 16.2. The van der Waals surface area contributed by atoms with E-state index in [-0.39, 0.29) is 11.5 Å². The van der Waals surface area contributed by atoms with Crippen LogP contribution in [0.2, 0.25) is 0 Å². The topological polar surface area (TPSA) is 127 Å². The highest BCUT2D eigenvalue weighted by Gasteiger charge is 2.24. The summed E-state index contributed by atoms with van der Waals surface area (Å²) in [5, 5.41) is 25.3. The van der Waals surface area contributed by atoms with Gasteiger partial charge in [-0.25, -0.2) is 0 Å². The highest BCUT2D eigenvalue weighted by Crippen LogP contribution is 2.32. The number of anilines is 2. The Labute approximate surface area is 199 Å². The number of carbonyl (C=O) groups excluding carboxylic acids is 1.